The fourth-order valence-corrected chi connectivity index (χ4v) is 2.77. The summed E-state index contributed by atoms with van der Waals surface area (Å²) in [5, 5.41) is 31.4. The van der Waals surface area contributed by atoms with Crippen LogP contribution in [0.5, 0.6) is 0 Å². The number of allylic oxidation sites excluding steroid dienone is 2. The van der Waals surface area contributed by atoms with Crippen molar-refractivity contribution in [3.8, 4) is 18.2 Å². The van der Waals surface area contributed by atoms with Crippen molar-refractivity contribution in [2.75, 3.05) is 14.1 Å². The quantitative estimate of drug-likeness (QED) is 0.774. The Kier molecular flexibility index (Phi) is 4.24. The fraction of sp³-hybridized carbons (Fsp3) is 0.312. The lowest BCUT2D eigenvalue weighted by atomic mass is 9.92. The molecule has 0 N–H and O–H groups in total. The molecule has 5 heteroatoms. The molecule has 1 aromatic carbocycles. The van der Waals surface area contributed by atoms with Crippen LogP contribution in [0.3, 0.4) is 0 Å². The summed E-state index contributed by atoms with van der Waals surface area (Å²) in [4.78, 5) is 0. The molecule has 2 atom stereocenters. The van der Waals surface area contributed by atoms with Crippen LogP contribution in [0.1, 0.15) is 17.9 Å². The predicted octanol–water partition coefficient (Wildman–Crippen LogP) is 2.15. The topological polar surface area (TPSA) is 77.8 Å². The molecule has 0 saturated carbocycles. The second-order valence-corrected chi connectivity index (χ2v) is 5.02. The monoisotopic (exact) mass is 277 g/mol. The van der Waals surface area contributed by atoms with Crippen LogP contribution in [0.15, 0.2) is 41.6 Å². The van der Waals surface area contributed by atoms with Crippen molar-refractivity contribution >= 4 is 0 Å². The van der Waals surface area contributed by atoms with Crippen molar-refractivity contribution in [1.82, 2.24) is 10.0 Å². The van der Waals surface area contributed by atoms with Crippen LogP contribution in [0, 0.1) is 34.0 Å². The minimum Gasteiger partial charge on any atom is -0.290 e. The van der Waals surface area contributed by atoms with E-state index in [0.717, 1.165) is 5.56 Å². The van der Waals surface area contributed by atoms with Gasteiger partial charge in [-0.2, -0.15) is 15.8 Å². The average Bonchev–Trinajstić information content (AvgIpc) is 2.89. The summed E-state index contributed by atoms with van der Waals surface area (Å²) in [7, 11) is 3.62. The normalized spacial score (nSPS) is 20.8. The van der Waals surface area contributed by atoms with E-state index in [9.17, 15) is 15.8 Å². The Balaban J connectivity index is 2.61. The van der Waals surface area contributed by atoms with Crippen LogP contribution < -0.4 is 0 Å². The SMILES string of the molecule is CN(C)N1C(=C(C#N)C#N)[C@@H](c2ccccc2)C[C@@H]1C#N. The highest BCUT2D eigenvalue weighted by Gasteiger charge is 2.40. The molecule has 0 bridgehead atoms. The lowest BCUT2D eigenvalue weighted by Gasteiger charge is -2.31. The minimum atomic E-state index is -0.378. The highest BCUT2D eigenvalue weighted by molar-refractivity contribution is 5.47. The van der Waals surface area contributed by atoms with Crippen molar-refractivity contribution in [2.45, 2.75) is 18.4 Å². The first-order valence-electron chi connectivity index (χ1n) is 6.59. The zero-order valence-corrected chi connectivity index (χ0v) is 12.0. The highest BCUT2D eigenvalue weighted by atomic mass is 15.6. The molecule has 21 heavy (non-hydrogen) atoms. The number of hydrogen-bond acceptors (Lipinski definition) is 5. The van der Waals surface area contributed by atoms with Crippen molar-refractivity contribution in [1.29, 1.82) is 15.8 Å². The van der Waals surface area contributed by atoms with Crippen molar-refractivity contribution < 1.29 is 0 Å². The lowest BCUT2D eigenvalue weighted by molar-refractivity contribution is 0.0606. The van der Waals surface area contributed by atoms with Gasteiger partial charge in [0.1, 0.15) is 18.2 Å². The smallest absolute Gasteiger partial charge is 0.150 e. The summed E-state index contributed by atoms with van der Waals surface area (Å²) in [6.07, 6.45) is 0.570. The predicted molar refractivity (Wildman–Crippen MR) is 77.0 cm³/mol. The van der Waals surface area contributed by atoms with Gasteiger partial charge in [0.05, 0.1) is 11.8 Å². The zero-order valence-electron chi connectivity index (χ0n) is 12.0. The van der Waals surface area contributed by atoms with Gasteiger partial charge < -0.3 is 0 Å². The Hall–Kier alpha value is -2.81. The third kappa shape index (κ3) is 2.58. The lowest BCUT2D eigenvalue weighted by Crippen LogP contribution is -2.39. The number of benzene rings is 1. The zero-order chi connectivity index (χ0) is 15.4. The van der Waals surface area contributed by atoms with Gasteiger partial charge in [-0.25, -0.2) is 5.01 Å². The van der Waals surface area contributed by atoms with Gasteiger partial charge in [0, 0.05) is 20.0 Å². The molecule has 0 amide bonds. The van der Waals surface area contributed by atoms with Crippen LogP contribution in [-0.4, -0.2) is 30.2 Å². The van der Waals surface area contributed by atoms with Gasteiger partial charge in [-0.1, -0.05) is 30.3 Å². The highest BCUT2D eigenvalue weighted by Crippen LogP contribution is 2.42. The molecular formula is C16H15N5. The Bertz CT molecular complexity index is 653. The van der Waals surface area contributed by atoms with Crippen LogP contribution in [0.2, 0.25) is 0 Å². The number of rotatable bonds is 2. The van der Waals surface area contributed by atoms with E-state index < -0.39 is 0 Å². The summed E-state index contributed by atoms with van der Waals surface area (Å²) < 4.78 is 0. The first-order valence-corrected chi connectivity index (χ1v) is 6.59. The van der Waals surface area contributed by atoms with Crippen LogP contribution in [0.25, 0.3) is 0 Å². The van der Waals surface area contributed by atoms with Crippen LogP contribution in [0.4, 0.5) is 0 Å². The summed E-state index contributed by atoms with van der Waals surface area (Å²) >= 11 is 0. The second kappa shape index (κ2) is 6.09. The Morgan fingerprint density at radius 1 is 1.14 bits per heavy atom. The molecule has 0 radical (unpaired) electrons. The van der Waals surface area contributed by atoms with Crippen molar-refractivity contribution in [2.24, 2.45) is 0 Å². The van der Waals surface area contributed by atoms with Gasteiger partial charge in [-0.3, -0.25) is 5.01 Å². The van der Waals surface area contributed by atoms with Gasteiger partial charge in [0.2, 0.25) is 0 Å². The number of hydrazine groups is 1. The van der Waals surface area contributed by atoms with E-state index in [0.29, 0.717) is 12.1 Å². The molecule has 104 valence electrons. The molecule has 0 spiro atoms. The summed E-state index contributed by atoms with van der Waals surface area (Å²) in [6.45, 7) is 0. The van der Waals surface area contributed by atoms with Crippen molar-refractivity contribution in [3.63, 3.8) is 0 Å². The molecule has 0 aliphatic carbocycles. The maximum absolute atomic E-state index is 9.39. The standard InChI is InChI=1S/C16H15N5/c1-20(2)21-14(11-19)8-15(12-6-4-3-5-7-12)16(21)13(9-17)10-18/h3-7,14-15H,8H2,1-2H3/t14-,15-/m1/s1. The van der Waals surface area contributed by atoms with Crippen LogP contribution in [-0.2, 0) is 0 Å². The maximum Gasteiger partial charge on any atom is 0.150 e. The van der Waals surface area contributed by atoms with E-state index in [1.165, 1.54) is 0 Å². The van der Waals surface area contributed by atoms with E-state index in [1.54, 1.807) is 10.0 Å². The number of nitriles is 3. The van der Waals surface area contributed by atoms with Gasteiger partial charge in [0.15, 0.2) is 5.57 Å². The van der Waals surface area contributed by atoms with E-state index in [2.05, 4.69) is 6.07 Å². The Morgan fingerprint density at radius 2 is 1.76 bits per heavy atom. The maximum atomic E-state index is 9.39. The molecule has 1 fully saturated rings. The number of nitrogens with zero attached hydrogens (tertiary/aromatic N) is 5. The molecular weight excluding hydrogens is 262 g/mol. The fourth-order valence-electron chi connectivity index (χ4n) is 2.77. The summed E-state index contributed by atoms with van der Waals surface area (Å²) in [5.74, 6) is -0.118. The van der Waals surface area contributed by atoms with Gasteiger partial charge in [0.25, 0.3) is 0 Å². The molecule has 1 saturated heterocycles. The second-order valence-electron chi connectivity index (χ2n) is 5.02. The van der Waals surface area contributed by atoms with Crippen LogP contribution >= 0.6 is 0 Å². The summed E-state index contributed by atoms with van der Waals surface area (Å²) in [5.41, 5.74) is 1.69. The molecule has 1 aliphatic heterocycles. The van der Waals surface area contributed by atoms with E-state index >= 15 is 0 Å². The molecule has 0 aromatic heterocycles. The molecule has 1 aromatic rings. The Morgan fingerprint density at radius 3 is 2.24 bits per heavy atom. The largest absolute Gasteiger partial charge is 0.290 e. The van der Waals surface area contributed by atoms with Gasteiger partial charge in [-0.15, -0.1) is 0 Å². The van der Waals surface area contributed by atoms with E-state index in [-0.39, 0.29) is 17.5 Å². The third-order valence-corrected chi connectivity index (χ3v) is 3.59. The van der Waals surface area contributed by atoms with E-state index in [1.807, 2.05) is 56.6 Å². The molecule has 5 nitrogen and oxygen atoms in total. The first-order chi connectivity index (χ1) is 10.1. The average molecular weight is 277 g/mol. The molecule has 1 heterocycles. The Labute approximate surface area is 124 Å². The first kappa shape index (κ1) is 14.6. The van der Waals surface area contributed by atoms with Crippen molar-refractivity contribution in [3.05, 3.63) is 47.2 Å². The number of hydrogen-bond donors (Lipinski definition) is 0. The molecule has 1 aliphatic rings. The van der Waals surface area contributed by atoms with Gasteiger partial charge in [-0.05, 0) is 12.0 Å². The molecule has 2 rings (SSSR count). The minimum absolute atomic E-state index is 0.0651. The molecule has 0 unspecified atom stereocenters. The van der Waals surface area contributed by atoms with Gasteiger partial charge >= 0.3 is 0 Å². The van der Waals surface area contributed by atoms with E-state index in [4.69, 9.17) is 0 Å². The third-order valence-electron chi connectivity index (χ3n) is 3.59. The summed E-state index contributed by atoms with van der Waals surface area (Å²) in [6, 6.07) is 15.5.